The molecule has 3 aromatic carbocycles. The van der Waals surface area contributed by atoms with Crippen molar-refractivity contribution in [3.05, 3.63) is 94.0 Å². The van der Waals surface area contributed by atoms with E-state index < -0.39 is 28.5 Å². The van der Waals surface area contributed by atoms with Gasteiger partial charge in [0.05, 0.1) is 20.6 Å². The van der Waals surface area contributed by atoms with Gasteiger partial charge in [0.2, 0.25) is 11.8 Å². The van der Waals surface area contributed by atoms with Crippen molar-refractivity contribution in [1.29, 1.82) is 0 Å². The first-order chi connectivity index (χ1) is 18.4. The first-order valence-electron chi connectivity index (χ1n) is 12.6. The summed E-state index contributed by atoms with van der Waals surface area (Å²) in [5.41, 5.74) is 1.71. The highest BCUT2D eigenvalue weighted by Gasteiger charge is 2.33. The van der Waals surface area contributed by atoms with Gasteiger partial charge >= 0.3 is 0 Å². The molecule has 2 amide bonds. The lowest BCUT2D eigenvalue weighted by atomic mass is 10.1. The standard InChI is InChI=1S/C29H33Cl2N3O4S/c1-20(2)17-32-29(36)22(4)33(18-23-14-15-25(30)26(31)16-23)28(35)19-34(27-13-9-8-10-21(27)3)39(37,38)24-11-6-5-7-12-24/h5-16,20,22H,17-19H2,1-4H3,(H,32,36)/t22-/m0/s1. The predicted molar refractivity (Wildman–Crippen MR) is 156 cm³/mol. The van der Waals surface area contributed by atoms with Crippen LogP contribution in [-0.2, 0) is 26.2 Å². The highest BCUT2D eigenvalue weighted by molar-refractivity contribution is 7.92. The van der Waals surface area contributed by atoms with Crippen LogP contribution in [0.15, 0.2) is 77.7 Å². The number of anilines is 1. The van der Waals surface area contributed by atoms with Crippen LogP contribution in [0.3, 0.4) is 0 Å². The van der Waals surface area contributed by atoms with Gasteiger partial charge in [-0.3, -0.25) is 13.9 Å². The second-order valence-electron chi connectivity index (χ2n) is 9.70. The molecule has 1 N–H and O–H groups in total. The molecule has 1 atom stereocenters. The van der Waals surface area contributed by atoms with E-state index in [1.165, 1.54) is 17.0 Å². The highest BCUT2D eigenvalue weighted by Crippen LogP contribution is 2.28. The molecule has 7 nitrogen and oxygen atoms in total. The van der Waals surface area contributed by atoms with Gasteiger partial charge in [-0.15, -0.1) is 0 Å². The molecule has 10 heteroatoms. The van der Waals surface area contributed by atoms with Crippen LogP contribution in [0.1, 0.15) is 31.9 Å². The van der Waals surface area contributed by atoms with Crippen LogP contribution in [0.2, 0.25) is 10.0 Å². The van der Waals surface area contributed by atoms with Gasteiger partial charge in [0.25, 0.3) is 10.0 Å². The van der Waals surface area contributed by atoms with E-state index in [1.54, 1.807) is 74.5 Å². The molecule has 0 heterocycles. The smallest absolute Gasteiger partial charge is 0.264 e. The molecular weight excluding hydrogens is 557 g/mol. The maximum Gasteiger partial charge on any atom is 0.264 e. The Morgan fingerprint density at radius 1 is 0.897 bits per heavy atom. The summed E-state index contributed by atoms with van der Waals surface area (Å²) >= 11 is 12.3. The van der Waals surface area contributed by atoms with Crippen molar-refractivity contribution >= 4 is 50.7 Å². The molecule has 39 heavy (non-hydrogen) atoms. The fourth-order valence-electron chi connectivity index (χ4n) is 3.95. The first-order valence-corrected chi connectivity index (χ1v) is 14.8. The quantitative estimate of drug-likeness (QED) is 0.311. The molecule has 0 spiro atoms. The summed E-state index contributed by atoms with van der Waals surface area (Å²) in [6.07, 6.45) is 0. The SMILES string of the molecule is Cc1ccccc1N(CC(=O)N(Cc1ccc(Cl)c(Cl)c1)[C@@H](C)C(=O)NCC(C)C)S(=O)(=O)c1ccccc1. The van der Waals surface area contributed by atoms with Crippen molar-refractivity contribution in [3.63, 3.8) is 0 Å². The molecule has 0 aliphatic carbocycles. The van der Waals surface area contributed by atoms with Crippen molar-refractivity contribution in [3.8, 4) is 0 Å². The van der Waals surface area contributed by atoms with Crippen LogP contribution in [0.25, 0.3) is 0 Å². The zero-order chi connectivity index (χ0) is 28.7. The number of nitrogens with zero attached hydrogens (tertiary/aromatic N) is 2. The molecule has 0 bridgehead atoms. The average molecular weight is 591 g/mol. The van der Waals surface area contributed by atoms with Crippen LogP contribution in [0.5, 0.6) is 0 Å². The summed E-state index contributed by atoms with van der Waals surface area (Å²) in [5.74, 6) is -0.672. The molecule has 0 aliphatic heterocycles. The van der Waals surface area contributed by atoms with Crippen molar-refractivity contribution in [2.75, 3.05) is 17.4 Å². The largest absolute Gasteiger partial charge is 0.354 e. The Labute approximate surface area is 240 Å². The fraction of sp³-hybridized carbons (Fsp3) is 0.310. The Balaban J connectivity index is 2.02. The summed E-state index contributed by atoms with van der Waals surface area (Å²) in [6, 6.07) is 19.0. The van der Waals surface area contributed by atoms with Crippen molar-refractivity contribution in [2.45, 2.75) is 45.2 Å². The van der Waals surface area contributed by atoms with Gasteiger partial charge in [0.1, 0.15) is 12.6 Å². The monoisotopic (exact) mass is 589 g/mol. The Bertz CT molecular complexity index is 1420. The molecule has 0 saturated carbocycles. The lowest BCUT2D eigenvalue weighted by Gasteiger charge is -2.32. The normalized spacial score (nSPS) is 12.2. The maximum atomic E-state index is 13.9. The van der Waals surface area contributed by atoms with Crippen LogP contribution in [0.4, 0.5) is 5.69 Å². The number of carbonyl (C=O) groups excluding carboxylic acids is 2. The number of hydrogen-bond donors (Lipinski definition) is 1. The van der Waals surface area contributed by atoms with Gasteiger partial charge in [-0.2, -0.15) is 0 Å². The van der Waals surface area contributed by atoms with E-state index in [1.807, 2.05) is 13.8 Å². The molecule has 208 valence electrons. The third kappa shape index (κ3) is 7.75. The van der Waals surface area contributed by atoms with Crippen LogP contribution >= 0.6 is 23.2 Å². The Hall–Kier alpha value is -3.07. The minimum Gasteiger partial charge on any atom is -0.354 e. The number of para-hydroxylation sites is 1. The number of nitrogens with one attached hydrogen (secondary N) is 1. The number of amides is 2. The number of hydrogen-bond acceptors (Lipinski definition) is 4. The van der Waals surface area contributed by atoms with E-state index in [0.717, 1.165) is 4.31 Å². The topological polar surface area (TPSA) is 86.8 Å². The first kappa shape index (κ1) is 30.5. The molecule has 0 fully saturated rings. The van der Waals surface area contributed by atoms with Crippen LogP contribution < -0.4 is 9.62 Å². The van der Waals surface area contributed by atoms with E-state index in [4.69, 9.17) is 23.2 Å². The van der Waals surface area contributed by atoms with Crippen LogP contribution in [0, 0.1) is 12.8 Å². The molecule has 3 rings (SSSR count). The molecule has 3 aromatic rings. The van der Waals surface area contributed by atoms with E-state index in [0.29, 0.717) is 33.4 Å². The third-order valence-corrected chi connectivity index (χ3v) is 8.70. The summed E-state index contributed by atoms with van der Waals surface area (Å²) in [7, 11) is -4.11. The third-order valence-electron chi connectivity index (χ3n) is 6.18. The van der Waals surface area contributed by atoms with Crippen molar-refractivity contribution in [2.24, 2.45) is 5.92 Å². The molecule has 0 unspecified atom stereocenters. The molecule has 0 radical (unpaired) electrons. The zero-order valence-electron chi connectivity index (χ0n) is 22.4. The maximum absolute atomic E-state index is 13.9. The number of aryl methyl sites for hydroxylation is 1. The van der Waals surface area contributed by atoms with Gasteiger partial charge in [-0.1, -0.05) is 79.5 Å². The number of rotatable bonds is 11. The number of halogens is 2. The summed E-state index contributed by atoms with van der Waals surface area (Å²) in [5, 5.41) is 3.54. The van der Waals surface area contributed by atoms with E-state index in [9.17, 15) is 18.0 Å². The van der Waals surface area contributed by atoms with E-state index >= 15 is 0 Å². The molecule has 0 saturated heterocycles. The van der Waals surface area contributed by atoms with E-state index in [-0.39, 0.29) is 23.3 Å². The predicted octanol–water partition coefficient (Wildman–Crippen LogP) is 5.69. The minimum atomic E-state index is -4.11. The molecule has 0 aromatic heterocycles. The number of sulfonamides is 1. The summed E-state index contributed by atoms with van der Waals surface area (Å²) < 4.78 is 28.7. The van der Waals surface area contributed by atoms with Gasteiger partial charge in [0.15, 0.2) is 0 Å². The van der Waals surface area contributed by atoms with Gasteiger partial charge in [-0.25, -0.2) is 8.42 Å². The van der Waals surface area contributed by atoms with Gasteiger partial charge < -0.3 is 10.2 Å². The lowest BCUT2D eigenvalue weighted by Crippen LogP contribution is -2.51. The summed E-state index contributed by atoms with van der Waals surface area (Å²) in [6.45, 7) is 7.30. The minimum absolute atomic E-state index is 0.0268. The van der Waals surface area contributed by atoms with Gasteiger partial charge in [-0.05, 0) is 61.2 Å². The van der Waals surface area contributed by atoms with Crippen molar-refractivity contribution in [1.82, 2.24) is 10.2 Å². The Morgan fingerprint density at radius 3 is 2.15 bits per heavy atom. The van der Waals surface area contributed by atoms with E-state index in [2.05, 4.69) is 5.32 Å². The second-order valence-corrected chi connectivity index (χ2v) is 12.4. The number of carbonyl (C=O) groups is 2. The van der Waals surface area contributed by atoms with Crippen molar-refractivity contribution < 1.29 is 18.0 Å². The zero-order valence-corrected chi connectivity index (χ0v) is 24.7. The Kier molecular flexibility index (Phi) is 10.4. The fourth-order valence-corrected chi connectivity index (χ4v) is 5.77. The molecular formula is C29H33Cl2N3O4S. The average Bonchev–Trinajstić information content (AvgIpc) is 2.91. The molecule has 0 aliphatic rings. The Morgan fingerprint density at radius 2 is 1.54 bits per heavy atom. The van der Waals surface area contributed by atoms with Gasteiger partial charge in [0, 0.05) is 13.1 Å². The number of benzene rings is 3. The highest BCUT2D eigenvalue weighted by atomic mass is 35.5. The second kappa shape index (κ2) is 13.3. The van der Waals surface area contributed by atoms with Crippen LogP contribution in [-0.4, -0.2) is 44.3 Å². The lowest BCUT2D eigenvalue weighted by molar-refractivity contribution is -0.139. The summed E-state index contributed by atoms with van der Waals surface area (Å²) in [4.78, 5) is 28.4.